The van der Waals surface area contributed by atoms with Crippen LogP contribution in [0.25, 0.3) is 10.9 Å². The molecule has 2 aliphatic rings. The number of carboxylic acids is 1. The van der Waals surface area contributed by atoms with Crippen LogP contribution in [-0.2, 0) is 36.5 Å². The van der Waals surface area contributed by atoms with Gasteiger partial charge in [0.2, 0.25) is 0 Å². The molecule has 0 radical (unpaired) electrons. The molecule has 1 N–H and O–H groups in total. The summed E-state index contributed by atoms with van der Waals surface area (Å²) in [5.41, 5.74) is 3.11. The van der Waals surface area contributed by atoms with E-state index in [1.807, 2.05) is 32.2 Å². The van der Waals surface area contributed by atoms with Crippen LogP contribution >= 0.6 is 0 Å². The fraction of sp³-hybridized carbons (Fsp3) is 0.464. The molecular formula is C28H30F3NO3. The maximum Gasteiger partial charge on any atom is 0.416 e. The number of aliphatic carboxylic acids is 1. The molecule has 2 aliphatic carbocycles. The van der Waals surface area contributed by atoms with Crippen molar-refractivity contribution in [2.75, 3.05) is 0 Å². The summed E-state index contributed by atoms with van der Waals surface area (Å²) in [6.07, 6.45) is 0.829. The Balaban J connectivity index is 1.41. The number of hydrogen-bond acceptors (Lipinski definition) is 2. The van der Waals surface area contributed by atoms with E-state index in [0.717, 1.165) is 60.7 Å². The molecule has 3 aromatic rings. The number of benzene rings is 2. The van der Waals surface area contributed by atoms with Crippen molar-refractivity contribution in [3.63, 3.8) is 0 Å². The van der Waals surface area contributed by atoms with E-state index in [-0.39, 0.29) is 18.9 Å². The third-order valence-corrected chi connectivity index (χ3v) is 7.94. The summed E-state index contributed by atoms with van der Waals surface area (Å²) in [5, 5.41) is 10.4. The molecule has 35 heavy (non-hydrogen) atoms. The van der Waals surface area contributed by atoms with Crippen LogP contribution in [0.3, 0.4) is 0 Å². The van der Waals surface area contributed by atoms with E-state index < -0.39 is 23.1 Å². The van der Waals surface area contributed by atoms with Crippen molar-refractivity contribution in [1.82, 2.24) is 4.57 Å². The van der Waals surface area contributed by atoms with Crippen molar-refractivity contribution in [3.05, 3.63) is 64.3 Å². The van der Waals surface area contributed by atoms with E-state index in [2.05, 4.69) is 4.57 Å². The molecule has 1 aromatic heterocycles. The Kier molecular flexibility index (Phi) is 5.85. The van der Waals surface area contributed by atoms with Crippen LogP contribution in [0.5, 0.6) is 5.75 Å². The number of alkyl halides is 3. The van der Waals surface area contributed by atoms with Crippen molar-refractivity contribution in [3.8, 4) is 5.75 Å². The molecule has 0 unspecified atom stereocenters. The average Bonchev–Trinajstić information content (AvgIpc) is 3.50. The maximum absolute atomic E-state index is 13.8. The largest absolute Gasteiger partial charge is 0.489 e. The Hall–Kier alpha value is -2.96. The first-order valence-electron chi connectivity index (χ1n) is 12.2. The third kappa shape index (κ3) is 4.30. The Labute approximate surface area is 202 Å². The Morgan fingerprint density at radius 2 is 1.91 bits per heavy atom. The van der Waals surface area contributed by atoms with Crippen molar-refractivity contribution >= 4 is 16.9 Å². The minimum atomic E-state index is -4.39. The number of rotatable bonds is 6. The number of carbonyl (C=O) groups is 1. The Morgan fingerprint density at radius 1 is 1.17 bits per heavy atom. The summed E-state index contributed by atoms with van der Waals surface area (Å²) < 4.78 is 49.5. The van der Waals surface area contributed by atoms with Crippen molar-refractivity contribution < 1.29 is 27.8 Å². The molecule has 0 amide bonds. The van der Waals surface area contributed by atoms with Crippen molar-refractivity contribution in [2.24, 2.45) is 7.05 Å². The van der Waals surface area contributed by atoms with Crippen LogP contribution in [0, 0.1) is 0 Å². The lowest BCUT2D eigenvalue weighted by molar-refractivity contribution is -0.139. The Bertz CT molecular complexity index is 1290. The van der Waals surface area contributed by atoms with Crippen LogP contribution in [0.1, 0.15) is 79.3 Å². The minimum Gasteiger partial charge on any atom is -0.489 e. The lowest BCUT2D eigenvalue weighted by Gasteiger charge is -2.24. The molecule has 7 heteroatoms. The molecule has 0 saturated heterocycles. The SMILES string of the molecule is Cn1c2c(c3cc(OCc4ccc(C5CCCC5)c(C(F)(F)F)c4)ccc31)CC[C@]2(C)CC(=O)O. The summed E-state index contributed by atoms with van der Waals surface area (Å²) in [6, 6.07) is 10.3. The van der Waals surface area contributed by atoms with Crippen LogP contribution in [0.4, 0.5) is 13.2 Å². The van der Waals surface area contributed by atoms with Gasteiger partial charge in [0.1, 0.15) is 12.4 Å². The van der Waals surface area contributed by atoms with E-state index >= 15 is 0 Å². The highest BCUT2D eigenvalue weighted by molar-refractivity contribution is 5.88. The molecule has 186 valence electrons. The number of hydrogen-bond donors (Lipinski definition) is 1. The number of nitrogens with zero attached hydrogens (tertiary/aromatic N) is 1. The van der Waals surface area contributed by atoms with Gasteiger partial charge in [-0.3, -0.25) is 4.79 Å². The van der Waals surface area contributed by atoms with Gasteiger partial charge in [-0.25, -0.2) is 0 Å². The molecule has 0 bridgehead atoms. The van der Waals surface area contributed by atoms with Crippen LogP contribution < -0.4 is 4.74 Å². The smallest absolute Gasteiger partial charge is 0.416 e. The standard InChI is InChI=1S/C28H30F3NO3/c1-27(15-25(33)34)12-11-21-22-14-19(8-10-24(22)32(2)26(21)27)35-16-17-7-9-20(18-5-3-4-6-18)23(13-17)28(29,30)31/h7-10,13-14,18H,3-6,11-12,15-16H2,1-2H3,(H,33,34)/t27-/m1/s1. The number of fused-ring (bicyclic) bond motifs is 3. The van der Waals surface area contributed by atoms with E-state index in [9.17, 15) is 23.1 Å². The topological polar surface area (TPSA) is 51.5 Å². The van der Waals surface area contributed by atoms with E-state index in [4.69, 9.17) is 4.74 Å². The summed E-state index contributed by atoms with van der Waals surface area (Å²) in [5.74, 6) is -0.242. The maximum atomic E-state index is 13.8. The van der Waals surface area contributed by atoms with Gasteiger partial charge in [0.15, 0.2) is 0 Å². The Morgan fingerprint density at radius 3 is 2.60 bits per heavy atom. The average molecular weight is 486 g/mol. The first-order valence-corrected chi connectivity index (χ1v) is 12.2. The van der Waals surface area contributed by atoms with Gasteiger partial charge in [0.05, 0.1) is 12.0 Å². The van der Waals surface area contributed by atoms with Gasteiger partial charge >= 0.3 is 12.1 Å². The third-order valence-electron chi connectivity index (χ3n) is 7.94. The summed E-state index contributed by atoms with van der Waals surface area (Å²) in [6.45, 7) is 2.04. The lowest BCUT2D eigenvalue weighted by atomic mass is 9.84. The van der Waals surface area contributed by atoms with E-state index in [1.165, 1.54) is 6.07 Å². The van der Waals surface area contributed by atoms with Gasteiger partial charge in [0.25, 0.3) is 0 Å². The molecule has 5 rings (SSSR count). The van der Waals surface area contributed by atoms with Crippen LogP contribution in [0.15, 0.2) is 36.4 Å². The molecule has 2 aromatic carbocycles. The normalized spacial score (nSPS) is 20.5. The number of aryl methyl sites for hydroxylation is 2. The zero-order valence-corrected chi connectivity index (χ0v) is 20.0. The van der Waals surface area contributed by atoms with Gasteiger partial charge in [0, 0.05) is 29.1 Å². The second kappa shape index (κ2) is 8.61. The fourth-order valence-corrected chi connectivity index (χ4v) is 6.34. The first kappa shape index (κ1) is 23.8. The quantitative estimate of drug-likeness (QED) is 0.405. The van der Waals surface area contributed by atoms with E-state index in [0.29, 0.717) is 16.9 Å². The predicted molar refractivity (Wildman–Crippen MR) is 128 cm³/mol. The van der Waals surface area contributed by atoms with Crippen LogP contribution in [0.2, 0.25) is 0 Å². The number of aromatic nitrogens is 1. The molecule has 0 aliphatic heterocycles. The summed E-state index contributed by atoms with van der Waals surface area (Å²) in [7, 11) is 1.96. The van der Waals surface area contributed by atoms with Gasteiger partial charge in [-0.05, 0) is 72.6 Å². The van der Waals surface area contributed by atoms with Gasteiger partial charge < -0.3 is 14.4 Å². The molecule has 4 nitrogen and oxygen atoms in total. The van der Waals surface area contributed by atoms with Gasteiger partial charge in [-0.2, -0.15) is 13.2 Å². The highest BCUT2D eigenvalue weighted by Gasteiger charge is 2.40. The van der Waals surface area contributed by atoms with Crippen molar-refractivity contribution in [1.29, 1.82) is 0 Å². The number of ether oxygens (including phenoxy) is 1. The second-order valence-corrected chi connectivity index (χ2v) is 10.4. The predicted octanol–water partition coefficient (Wildman–Crippen LogP) is 7.11. The van der Waals surface area contributed by atoms with Gasteiger partial charge in [-0.15, -0.1) is 0 Å². The second-order valence-electron chi connectivity index (χ2n) is 10.4. The monoisotopic (exact) mass is 485 g/mol. The molecule has 0 spiro atoms. The zero-order chi connectivity index (χ0) is 25.0. The molecular weight excluding hydrogens is 455 g/mol. The highest BCUT2D eigenvalue weighted by atomic mass is 19.4. The molecule has 1 fully saturated rings. The highest BCUT2D eigenvalue weighted by Crippen LogP contribution is 2.46. The first-order chi connectivity index (χ1) is 16.6. The van der Waals surface area contributed by atoms with Gasteiger partial charge in [-0.1, -0.05) is 31.9 Å². The molecule has 1 heterocycles. The minimum absolute atomic E-state index is 0.0176. The van der Waals surface area contributed by atoms with E-state index in [1.54, 1.807) is 12.1 Å². The molecule has 1 atom stereocenters. The number of carboxylic acid groups (broad SMARTS) is 1. The zero-order valence-electron chi connectivity index (χ0n) is 20.0. The fourth-order valence-electron chi connectivity index (χ4n) is 6.34. The lowest BCUT2D eigenvalue weighted by Crippen LogP contribution is -2.25. The summed E-state index contributed by atoms with van der Waals surface area (Å²) >= 11 is 0. The van der Waals surface area contributed by atoms with Crippen molar-refractivity contribution in [2.45, 2.75) is 76.0 Å². The number of halogens is 3. The molecule has 1 saturated carbocycles. The van der Waals surface area contributed by atoms with Crippen LogP contribution in [-0.4, -0.2) is 15.6 Å². The summed E-state index contributed by atoms with van der Waals surface area (Å²) in [4.78, 5) is 11.5.